The number of benzene rings is 1. The van der Waals surface area contributed by atoms with Crippen molar-refractivity contribution in [3.63, 3.8) is 0 Å². The maximum absolute atomic E-state index is 11.5. The Balaban J connectivity index is 0.00000151. The van der Waals surface area contributed by atoms with Gasteiger partial charge < -0.3 is 20.5 Å². The minimum atomic E-state index is -1.58. The zero-order chi connectivity index (χ0) is 19.0. The molecule has 140 valence electrons. The summed E-state index contributed by atoms with van der Waals surface area (Å²) in [6.45, 7) is 9.87. The second-order valence-electron chi connectivity index (χ2n) is 5.78. The van der Waals surface area contributed by atoms with Gasteiger partial charge in [-0.25, -0.2) is 9.00 Å². The quantitative estimate of drug-likeness (QED) is 0.704. The van der Waals surface area contributed by atoms with E-state index >= 15 is 0 Å². The van der Waals surface area contributed by atoms with Crippen molar-refractivity contribution in [3.8, 4) is 5.75 Å². The zero-order valence-corrected chi connectivity index (χ0v) is 16.0. The number of nitrogens with zero attached hydrogens (tertiary/aromatic N) is 1. The van der Waals surface area contributed by atoms with E-state index in [1.165, 1.54) is 0 Å². The minimum absolute atomic E-state index is 0.146. The molecule has 1 amide bonds. The summed E-state index contributed by atoms with van der Waals surface area (Å²) in [4.78, 5) is 11.5. The van der Waals surface area contributed by atoms with E-state index in [2.05, 4.69) is 14.4 Å². The number of anilines is 1. The van der Waals surface area contributed by atoms with E-state index in [-0.39, 0.29) is 19.0 Å². The van der Waals surface area contributed by atoms with Crippen molar-refractivity contribution in [1.82, 2.24) is 5.32 Å². The largest absolute Gasteiger partial charge is 0.491 e. The minimum Gasteiger partial charge on any atom is -0.491 e. The molecule has 0 saturated carbocycles. The molecule has 1 unspecified atom stereocenters. The van der Waals surface area contributed by atoms with Crippen molar-refractivity contribution in [3.05, 3.63) is 23.8 Å². The predicted octanol–water partition coefficient (Wildman–Crippen LogP) is 2.33. The van der Waals surface area contributed by atoms with Crippen LogP contribution in [0.3, 0.4) is 0 Å². The van der Waals surface area contributed by atoms with E-state index < -0.39 is 22.9 Å². The zero-order valence-electron chi connectivity index (χ0n) is 15.2. The summed E-state index contributed by atoms with van der Waals surface area (Å²) in [5, 5.41) is 2.60. The van der Waals surface area contributed by atoms with E-state index in [1.54, 1.807) is 39.0 Å². The van der Waals surface area contributed by atoms with Crippen LogP contribution in [0.5, 0.6) is 5.75 Å². The van der Waals surface area contributed by atoms with Gasteiger partial charge in [-0.1, -0.05) is 19.9 Å². The van der Waals surface area contributed by atoms with Crippen LogP contribution in [0.2, 0.25) is 0 Å². The molecule has 25 heavy (non-hydrogen) atoms. The lowest BCUT2D eigenvalue weighted by Crippen LogP contribution is -2.34. The van der Waals surface area contributed by atoms with Gasteiger partial charge in [0.15, 0.2) is 0 Å². The van der Waals surface area contributed by atoms with Crippen LogP contribution in [0.25, 0.3) is 0 Å². The molecule has 1 aliphatic rings. The second-order valence-corrected chi connectivity index (χ2v) is 6.67. The van der Waals surface area contributed by atoms with E-state index in [0.29, 0.717) is 17.0 Å². The number of ether oxygens (including phenoxy) is 2. The van der Waals surface area contributed by atoms with Crippen LogP contribution in [0.4, 0.5) is 10.5 Å². The Morgan fingerprint density at radius 1 is 1.36 bits per heavy atom. The van der Waals surface area contributed by atoms with Crippen molar-refractivity contribution in [2.24, 2.45) is 10.1 Å². The Bertz CT molecular complexity index is 656. The molecule has 0 fully saturated rings. The summed E-state index contributed by atoms with van der Waals surface area (Å²) in [6, 6.07) is 5.21. The molecule has 1 aromatic carbocycles. The van der Waals surface area contributed by atoms with Gasteiger partial charge in [0.05, 0.1) is 17.8 Å². The summed E-state index contributed by atoms with van der Waals surface area (Å²) in [5.41, 5.74) is 6.41. The Hall–Kier alpha value is -2.29. The molecule has 9 heteroatoms. The van der Waals surface area contributed by atoms with Crippen molar-refractivity contribution in [1.29, 1.82) is 0 Å². The molecule has 0 aromatic heterocycles. The lowest BCUT2D eigenvalue weighted by molar-refractivity contribution is 0.0520. The number of nitrogens with two attached hydrogens (primary N) is 1. The maximum atomic E-state index is 11.5. The number of fused-ring (bicyclic) bond motifs is 1. The second kappa shape index (κ2) is 9.26. The summed E-state index contributed by atoms with van der Waals surface area (Å²) in [6.07, 6.45) is -0.505. The third-order valence-electron chi connectivity index (χ3n) is 2.69. The molecule has 0 spiro atoms. The maximum Gasteiger partial charge on any atom is 0.407 e. The first-order valence-corrected chi connectivity index (χ1v) is 9.13. The lowest BCUT2D eigenvalue weighted by Gasteiger charge is -2.20. The number of nitrogens with one attached hydrogen (secondary N) is 2. The summed E-state index contributed by atoms with van der Waals surface area (Å²) < 4.78 is 28.6. The number of hydrogen-bond acceptors (Lipinski definition) is 5. The van der Waals surface area contributed by atoms with Crippen LogP contribution in [0, 0.1) is 0 Å². The molecule has 1 atom stereocenters. The molecule has 8 nitrogen and oxygen atoms in total. The van der Waals surface area contributed by atoms with E-state index in [9.17, 15) is 9.00 Å². The average Bonchev–Trinajstić information content (AvgIpc) is 2.51. The monoisotopic (exact) mass is 370 g/mol. The van der Waals surface area contributed by atoms with Crippen molar-refractivity contribution >= 4 is 28.8 Å². The fourth-order valence-corrected chi connectivity index (χ4v) is 2.55. The van der Waals surface area contributed by atoms with Crippen LogP contribution in [-0.2, 0) is 15.9 Å². The number of amides is 1. The van der Waals surface area contributed by atoms with Gasteiger partial charge >= 0.3 is 6.09 Å². The third kappa shape index (κ3) is 6.61. The Kier molecular flexibility index (Phi) is 7.69. The molecule has 2 rings (SSSR count). The van der Waals surface area contributed by atoms with Gasteiger partial charge in [0.1, 0.15) is 23.8 Å². The Morgan fingerprint density at radius 3 is 2.68 bits per heavy atom. The Labute approximate surface area is 150 Å². The highest BCUT2D eigenvalue weighted by Crippen LogP contribution is 2.29. The van der Waals surface area contributed by atoms with Crippen LogP contribution in [-0.4, -0.2) is 34.9 Å². The van der Waals surface area contributed by atoms with Crippen LogP contribution < -0.4 is 20.5 Å². The van der Waals surface area contributed by atoms with Gasteiger partial charge in [-0.3, -0.25) is 4.72 Å². The predicted molar refractivity (Wildman–Crippen MR) is 100 cm³/mol. The number of alkyl carbamates (subject to hydrolysis) is 1. The average molecular weight is 370 g/mol. The van der Waals surface area contributed by atoms with Gasteiger partial charge in [-0.2, -0.15) is 4.40 Å². The van der Waals surface area contributed by atoms with Gasteiger partial charge in [0, 0.05) is 0 Å². The highest BCUT2D eigenvalue weighted by atomic mass is 32.2. The van der Waals surface area contributed by atoms with Crippen molar-refractivity contribution in [2.45, 2.75) is 40.2 Å². The highest BCUT2D eigenvalue weighted by Gasteiger charge is 2.20. The highest BCUT2D eigenvalue weighted by molar-refractivity contribution is 7.85. The van der Waals surface area contributed by atoms with Crippen LogP contribution in [0.15, 0.2) is 22.6 Å². The normalized spacial score (nSPS) is 15.6. The topological polar surface area (TPSA) is 115 Å². The SMILES string of the molecule is CC.CC(C)(C)OC(=O)NCCOc1cccc2c1C(N)=NS(=O)N2. The molecule has 1 heterocycles. The summed E-state index contributed by atoms with van der Waals surface area (Å²) in [5.74, 6) is 0.645. The molecule has 0 saturated heterocycles. The number of carbonyl (C=O) groups excluding carboxylic acids is 1. The summed E-state index contributed by atoms with van der Waals surface area (Å²) in [7, 11) is 0. The Morgan fingerprint density at radius 2 is 2.04 bits per heavy atom. The third-order valence-corrected chi connectivity index (χ3v) is 3.45. The molecular formula is C16H26N4O4S. The first-order valence-electron chi connectivity index (χ1n) is 8.02. The number of amidine groups is 1. The summed E-state index contributed by atoms with van der Waals surface area (Å²) >= 11 is -1.58. The van der Waals surface area contributed by atoms with Crippen LogP contribution in [0.1, 0.15) is 40.2 Å². The smallest absolute Gasteiger partial charge is 0.407 e. The first-order chi connectivity index (χ1) is 11.8. The fraction of sp³-hybridized carbons (Fsp3) is 0.500. The molecule has 0 aliphatic carbocycles. The fourth-order valence-electron chi connectivity index (χ4n) is 1.88. The van der Waals surface area contributed by atoms with Crippen molar-refractivity contribution < 1.29 is 18.5 Å². The molecular weight excluding hydrogens is 344 g/mol. The first kappa shape index (κ1) is 20.8. The van der Waals surface area contributed by atoms with Crippen molar-refractivity contribution in [2.75, 3.05) is 17.9 Å². The van der Waals surface area contributed by atoms with Gasteiger partial charge in [0.2, 0.25) is 11.2 Å². The molecule has 0 radical (unpaired) electrons. The van der Waals surface area contributed by atoms with Gasteiger partial charge in [0.25, 0.3) is 0 Å². The number of hydrogen-bond donors (Lipinski definition) is 3. The molecule has 1 aromatic rings. The van der Waals surface area contributed by atoms with E-state index in [0.717, 1.165) is 0 Å². The number of carbonyl (C=O) groups is 1. The van der Waals surface area contributed by atoms with E-state index in [4.69, 9.17) is 15.2 Å². The molecule has 4 N–H and O–H groups in total. The molecule has 0 bridgehead atoms. The standard InChI is InChI=1S/C14H20N4O4S.C2H6/c1-14(2,3)22-13(19)16-7-8-21-10-6-4-5-9-11(10)12(15)18-23(20)17-9;1-2/h4-6,17H,7-8H2,1-3H3,(H2,15,18)(H,16,19);1-2H3. The van der Waals surface area contributed by atoms with Crippen LogP contribution >= 0.6 is 0 Å². The van der Waals surface area contributed by atoms with Gasteiger partial charge in [-0.05, 0) is 32.9 Å². The molecule has 1 aliphatic heterocycles. The van der Waals surface area contributed by atoms with Gasteiger partial charge in [-0.15, -0.1) is 0 Å². The number of rotatable bonds is 4. The lowest BCUT2D eigenvalue weighted by atomic mass is 10.1. The van der Waals surface area contributed by atoms with E-state index in [1.807, 2.05) is 13.8 Å².